The number of aromatic nitrogens is 1. The van der Waals surface area contributed by atoms with Gasteiger partial charge in [0.2, 0.25) is 0 Å². The molecule has 1 atom stereocenters. The third-order valence-corrected chi connectivity index (χ3v) is 8.58. The molecule has 9 heteroatoms. The Morgan fingerprint density at radius 2 is 1.63 bits per heavy atom. The van der Waals surface area contributed by atoms with Gasteiger partial charge in [-0.3, -0.25) is 19.5 Å². The van der Waals surface area contributed by atoms with Gasteiger partial charge in [0.1, 0.15) is 11.5 Å². The zero-order valence-corrected chi connectivity index (χ0v) is 24.8. The second-order valence-electron chi connectivity index (χ2n) is 10.3. The van der Waals surface area contributed by atoms with E-state index in [4.69, 9.17) is 14.5 Å². The van der Waals surface area contributed by atoms with Crippen molar-refractivity contribution in [3.05, 3.63) is 136 Å². The van der Waals surface area contributed by atoms with E-state index in [0.29, 0.717) is 28.1 Å². The van der Waals surface area contributed by atoms with Gasteiger partial charge in [0, 0.05) is 6.07 Å². The van der Waals surface area contributed by atoms with Gasteiger partial charge < -0.3 is 9.47 Å². The van der Waals surface area contributed by atoms with Crippen molar-refractivity contribution in [2.75, 3.05) is 13.2 Å². The summed E-state index contributed by atoms with van der Waals surface area (Å²) in [6, 6.07) is 22.0. The quantitative estimate of drug-likeness (QED) is 0.179. The van der Waals surface area contributed by atoms with E-state index in [1.807, 2.05) is 62.4 Å². The topological polar surface area (TPSA) is 96.0 Å². The minimum Gasteiger partial charge on any atom is -0.494 e. The highest BCUT2D eigenvalue weighted by Crippen LogP contribution is 2.41. The average molecular weight is 594 g/mol. The summed E-state index contributed by atoms with van der Waals surface area (Å²) in [5.41, 5.74) is 5.28. The number of ether oxygens (including phenoxy) is 2. The number of rotatable bonds is 8. The molecule has 0 bridgehead atoms. The lowest BCUT2D eigenvalue weighted by molar-refractivity contribution is -0.385. The minimum atomic E-state index is -0.428. The van der Waals surface area contributed by atoms with E-state index in [1.54, 1.807) is 28.8 Å². The summed E-state index contributed by atoms with van der Waals surface area (Å²) in [5.74, 6) is 1.60. The van der Waals surface area contributed by atoms with Crippen LogP contribution in [0.15, 0.2) is 99.4 Å². The van der Waals surface area contributed by atoms with Crippen LogP contribution >= 0.6 is 11.3 Å². The molecular weight excluding hydrogens is 562 g/mol. The van der Waals surface area contributed by atoms with Crippen molar-refractivity contribution >= 4 is 29.2 Å². The predicted octanol–water partition coefficient (Wildman–Crippen LogP) is 6.19. The fourth-order valence-electron chi connectivity index (χ4n) is 5.71. The molecule has 2 aliphatic rings. The van der Waals surface area contributed by atoms with Crippen molar-refractivity contribution in [1.29, 1.82) is 0 Å². The first kappa shape index (κ1) is 28.4. The molecule has 1 aliphatic carbocycles. The zero-order valence-electron chi connectivity index (χ0n) is 24.0. The Bertz CT molecular complexity index is 1920. The molecule has 1 aromatic heterocycles. The number of hydrogen-bond acceptors (Lipinski definition) is 7. The molecular formula is C34H31N3O5S. The Kier molecular flexibility index (Phi) is 8.07. The molecule has 6 rings (SSSR count). The van der Waals surface area contributed by atoms with Crippen molar-refractivity contribution in [3.8, 4) is 11.5 Å². The lowest BCUT2D eigenvalue weighted by Crippen LogP contribution is -2.39. The molecule has 8 nitrogen and oxygen atoms in total. The summed E-state index contributed by atoms with van der Waals surface area (Å²) in [6.45, 7) is 5.09. The number of allylic oxidation sites excluding steroid dienone is 2. The second kappa shape index (κ2) is 12.2. The van der Waals surface area contributed by atoms with Crippen molar-refractivity contribution < 1.29 is 14.4 Å². The predicted molar refractivity (Wildman–Crippen MR) is 168 cm³/mol. The van der Waals surface area contributed by atoms with Crippen LogP contribution in [0.2, 0.25) is 0 Å². The van der Waals surface area contributed by atoms with Crippen molar-refractivity contribution in [1.82, 2.24) is 4.57 Å². The number of fused-ring (bicyclic) bond motifs is 1. The smallest absolute Gasteiger partial charge is 0.276 e. The molecule has 0 saturated carbocycles. The molecule has 43 heavy (non-hydrogen) atoms. The van der Waals surface area contributed by atoms with Crippen LogP contribution in [0.5, 0.6) is 11.5 Å². The number of thiazole rings is 1. The monoisotopic (exact) mass is 593 g/mol. The van der Waals surface area contributed by atoms with Crippen molar-refractivity contribution in [2.24, 2.45) is 4.99 Å². The van der Waals surface area contributed by atoms with Crippen LogP contribution in [-0.4, -0.2) is 22.7 Å². The molecule has 1 aliphatic heterocycles. The van der Waals surface area contributed by atoms with Gasteiger partial charge in [-0.25, -0.2) is 4.99 Å². The normalized spacial score (nSPS) is 17.3. The number of hydrogen-bond donors (Lipinski definition) is 0. The number of nitro groups is 1. The molecule has 0 amide bonds. The van der Waals surface area contributed by atoms with Gasteiger partial charge in [-0.1, -0.05) is 47.7 Å². The Labute approximate surface area is 252 Å². The van der Waals surface area contributed by atoms with Gasteiger partial charge in [-0.05, 0) is 97.9 Å². The van der Waals surface area contributed by atoms with E-state index in [1.165, 1.54) is 17.4 Å². The average Bonchev–Trinajstić information content (AvgIpc) is 3.32. The SMILES string of the molecule is CCOc1ccc(/C=C2\CCCC3=C2N=c2s/c(=C/c4ccccc4[N+](=O)[O-])c(=O)n2[C@@H]3c2ccc(OCC)cc2)cc1. The van der Waals surface area contributed by atoms with Gasteiger partial charge >= 0.3 is 0 Å². The number of nitro benzene ring substituents is 1. The molecule has 0 spiro atoms. The van der Waals surface area contributed by atoms with Crippen molar-refractivity contribution in [3.63, 3.8) is 0 Å². The fourth-order valence-corrected chi connectivity index (χ4v) is 6.71. The lowest BCUT2D eigenvalue weighted by atomic mass is 9.84. The van der Waals surface area contributed by atoms with Crippen LogP contribution in [0, 0.1) is 10.1 Å². The van der Waals surface area contributed by atoms with E-state index >= 15 is 0 Å². The van der Waals surface area contributed by atoms with E-state index in [2.05, 4.69) is 6.08 Å². The summed E-state index contributed by atoms with van der Waals surface area (Å²) >= 11 is 1.26. The Balaban J connectivity index is 1.53. The third kappa shape index (κ3) is 5.68. The van der Waals surface area contributed by atoms with Crippen LogP contribution in [0.25, 0.3) is 12.2 Å². The fraction of sp³-hybridized carbons (Fsp3) is 0.235. The maximum atomic E-state index is 14.0. The van der Waals surface area contributed by atoms with Crippen LogP contribution in [0.1, 0.15) is 55.8 Å². The van der Waals surface area contributed by atoms with Crippen molar-refractivity contribution in [2.45, 2.75) is 39.2 Å². The molecule has 218 valence electrons. The molecule has 4 aromatic rings. The van der Waals surface area contributed by atoms with E-state index in [-0.39, 0.29) is 17.3 Å². The summed E-state index contributed by atoms with van der Waals surface area (Å²) in [6.07, 6.45) is 6.40. The first-order chi connectivity index (χ1) is 21.0. The highest BCUT2D eigenvalue weighted by atomic mass is 32.1. The Morgan fingerprint density at radius 3 is 2.30 bits per heavy atom. The minimum absolute atomic E-state index is 0.0451. The lowest BCUT2D eigenvalue weighted by Gasteiger charge is -2.31. The molecule has 0 fully saturated rings. The van der Waals surface area contributed by atoms with Crippen LogP contribution in [0.3, 0.4) is 0 Å². The summed E-state index contributed by atoms with van der Waals surface area (Å²) in [7, 11) is 0. The second-order valence-corrected chi connectivity index (χ2v) is 11.3. The standard InChI is InChI=1S/C34H31N3O5S/c1-3-41-26-16-12-22(13-17-26)20-25-9-7-10-28-31(25)35-34-36(32(28)23-14-18-27(19-15-23)42-4-2)33(38)30(43-34)21-24-8-5-6-11-29(24)37(39)40/h5-6,8,11-21,32H,3-4,7,9-10H2,1-2H3/b25-20+,30-21+/t32-/m1/s1. The first-order valence-corrected chi connectivity index (χ1v) is 15.2. The summed E-state index contributed by atoms with van der Waals surface area (Å²) in [4.78, 5) is 30.9. The van der Waals surface area contributed by atoms with Gasteiger partial charge in [-0.15, -0.1) is 0 Å². The zero-order chi connectivity index (χ0) is 29.9. The highest BCUT2D eigenvalue weighted by molar-refractivity contribution is 7.07. The Hall–Kier alpha value is -4.76. The van der Waals surface area contributed by atoms with Gasteiger partial charge in [0.15, 0.2) is 4.80 Å². The van der Waals surface area contributed by atoms with Gasteiger partial charge in [0.05, 0.1) is 40.0 Å². The van der Waals surface area contributed by atoms with Crippen LogP contribution < -0.4 is 24.4 Å². The maximum absolute atomic E-state index is 14.0. The molecule has 0 saturated heterocycles. The number of para-hydroxylation sites is 1. The first-order valence-electron chi connectivity index (χ1n) is 14.4. The van der Waals surface area contributed by atoms with E-state index in [9.17, 15) is 14.9 Å². The molecule has 0 N–H and O–H groups in total. The number of nitrogens with zero attached hydrogens (tertiary/aromatic N) is 3. The van der Waals surface area contributed by atoms with Gasteiger partial charge in [0.25, 0.3) is 11.2 Å². The van der Waals surface area contributed by atoms with E-state index < -0.39 is 4.92 Å². The number of benzene rings is 3. The molecule has 0 radical (unpaired) electrons. The summed E-state index contributed by atoms with van der Waals surface area (Å²) < 4.78 is 13.4. The third-order valence-electron chi connectivity index (χ3n) is 7.59. The largest absolute Gasteiger partial charge is 0.494 e. The molecule has 2 heterocycles. The maximum Gasteiger partial charge on any atom is 0.276 e. The Morgan fingerprint density at radius 1 is 0.953 bits per heavy atom. The molecule has 0 unspecified atom stereocenters. The van der Waals surface area contributed by atoms with Gasteiger partial charge in [-0.2, -0.15) is 0 Å². The van der Waals surface area contributed by atoms with E-state index in [0.717, 1.165) is 58.7 Å². The van der Waals surface area contributed by atoms with Crippen LogP contribution in [-0.2, 0) is 0 Å². The molecule has 3 aromatic carbocycles. The van der Waals surface area contributed by atoms with Crippen LogP contribution in [0.4, 0.5) is 5.69 Å². The summed E-state index contributed by atoms with van der Waals surface area (Å²) in [5, 5.41) is 11.7. The highest BCUT2D eigenvalue weighted by Gasteiger charge is 2.32.